The molecule has 6 N–H and O–H groups in total. The Kier molecular flexibility index (Phi) is 4.97. The fraction of sp³-hybridized carbons (Fsp3) is 0.429. The summed E-state index contributed by atoms with van der Waals surface area (Å²) < 4.78 is 5.28. The highest BCUT2D eigenvalue weighted by Gasteiger charge is 2.45. The first kappa shape index (κ1) is 17.3. The fourth-order valence-electron chi connectivity index (χ4n) is 2.58. The van der Waals surface area contributed by atoms with Crippen LogP contribution in [0.25, 0.3) is 0 Å². The van der Waals surface area contributed by atoms with E-state index in [0.29, 0.717) is 0 Å². The van der Waals surface area contributed by atoms with Crippen LogP contribution in [0, 0.1) is 0 Å². The molecule has 1 aromatic carbocycles. The summed E-state index contributed by atoms with van der Waals surface area (Å²) in [7, 11) is 0. The molecule has 1 aliphatic heterocycles. The van der Waals surface area contributed by atoms with E-state index in [9.17, 15) is 30.0 Å². The molecule has 0 aromatic heterocycles. The zero-order valence-electron chi connectivity index (χ0n) is 11.7. The van der Waals surface area contributed by atoms with E-state index in [1.165, 1.54) is 12.1 Å². The van der Waals surface area contributed by atoms with E-state index in [1.807, 2.05) is 0 Å². The zero-order valence-corrected chi connectivity index (χ0v) is 11.7. The van der Waals surface area contributed by atoms with Gasteiger partial charge in [-0.3, -0.25) is 0 Å². The molecule has 0 radical (unpaired) electrons. The van der Waals surface area contributed by atoms with Crippen LogP contribution >= 0.6 is 0 Å². The molecule has 9 nitrogen and oxygen atoms in total. The Labute approximate surface area is 130 Å². The van der Waals surface area contributed by atoms with Crippen LogP contribution in [-0.2, 0) is 4.74 Å². The number of aromatic carboxylic acids is 2. The van der Waals surface area contributed by atoms with Crippen LogP contribution in [0.1, 0.15) is 32.4 Å². The summed E-state index contributed by atoms with van der Waals surface area (Å²) in [5.41, 5.74) is -1.27. The van der Waals surface area contributed by atoms with E-state index in [0.717, 1.165) is 6.07 Å². The topological polar surface area (TPSA) is 165 Å². The summed E-state index contributed by atoms with van der Waals surface area (Å²) in [4.78, 5) is 22.6. The second-order valence-corrected chi connectivity index (χ2v) is 5.13. The number of benzene rings is 1. The van der Waals surface area contributed by atoms with Gasteiger partial charge in [-0.15, -0.1) is 0 Å². The minimum absolute atomic E-state index is 0.172. The van der Waals surface area contributed by atoms with Gasteiger partial charge in [0.05, 0.1) is 17.7 Å². The van der Waals surface area contributed by atoms with E-state index >= 15 is 0 Å². The molecule has 0 amide bonds. The Bertz CT molecular complexity index is 612. The first-order chi connectivity index (χ1) is 10.8. The van der Waals surface area contributed by atoms with Crippen LogP contribution in [0.5, 0.6) is 0 Å². The molecular weight excluding hydrogens is 312 g/mol. The van der Waals surface area contributed by atoms with E-state index in [4.69, 9.17) is 14.9 Å². The van der Waals surface area contributed by atoms with Gasteiger partial charge in [-0.1, -0.05) is 12.1 Å². The number of aliphatic hydroxyl groups excluding tert-OH is 4. The van der Waals surface area contributed by atoms with Crippen molar-refractivity contribution < 1.29 is 45.0 Å². The second-order valence-electron chi connectivity index (χ2n) is 5.13. The molecule has 9 heteroatoms. The summed E-state index contributed by atoms with van der Waals surface area (Å²) in [6.45, 7) is -0.678. The van der Waals surface area contributed by atoms with E-state index in [-0.39, 0.29) is 5.56 Å². The number of carboxylic acids is 2. The van der Waals surface area contributed by atoms with Crippen LogP contribution in [-0.4, -0.2) is 73.6 Å². The number of aliphatic hydroxyl groups is 4. The third-order valence-corrected chi connectivity index (χ3v) is 3.74. The van der Waals surface area contributed by atoms with Gasteiger partial charge >= 0.3 is 11.9 Å². The molecule has 1 fully saturated rings. The predicted octanol–water partition coefficient (Wildman–Crippen LogP) is -1.40. The van der Waals surface area contributed by atoms with Crippen LogP contribution in [0.2, 0.25) is 0 Å². The van der Waals surface area contributed by atoms with Gasteiger partial charge in [0.15, 0.2) is 0 Å². The van der Waals surface area contributed by atoms with Crippen molar-refractivity contribution in [3.05, 3.63) is 34.9 Å². The zero-order chi connectivity index (χ0) is 17.3. The van der Waals surface area contributed by atoms with Crippen molar-refractivity contribution in [3.63, 3.8) is 0 Å². The maximum absolute atomic E-state index is 11.4. The first-order valence-electron chi connectivity index (χ1n) is 6.69. The van der Waals surface area contributed by atoms with Crippen LogP contribution < -0.4 is 0 Å². The maximum Gasteiger partial charge on any atom is 0.336 e. The SMILES string of the molecule is O=C(O)c1cccc(C2O[C@H](CO)[C@@H](O)[C@H](O)[C@@H]2O)c1C(=O)O. The molecule has 5 atom stereocenters. The van der Waals surface area contributed by atoms with Gasteiger partial charge in [0.2, 0.25) is 0 Å². The molecule has 0 bridgehead atoms. The third-order valence-electron chi connectivity index (χ3n) is 3.74. The molecule has 1 aromatic rings. The summed E-state index contributed by atoms with van der Waals surface area (Å²) in [6.07, 6.45) is -7.64. The summed E-state index contributed by atoms with van der Waals surface area (Å²) in [5, 5.41) is 57.1. The lowest BCUT2D eigenvalue weighted by molar-refractivity contribution is -0.231. The van der Waals surface area contributed by atoms with Crippen molar-refractivity contribution >= 4 is 11.9 Å². The van der Waals surface area contributed by atoms with Crippen molar-refractivity contribution in [2.45, 2.75) is 30.5 Å². The van der Waals surface area contributed by atoms with Gasteiger partial charge in [0.1, 0.15) is 30.5 Å². The highest BCUT2D eigenvalue weighted by atomic mass is 16.5. The first-order valence-corrected chi connectivity index (χ1v) is 6.69. The Morgan fingerprint density at radius 3 is 2.17 bits per heavy atom. The standard InChI is InChI=1S/C14H16O9/c15-4-7-9(16)10(17)11(18)12(23-7)5-2-1-3-6(13(19)20)8(5)14(21)22/h1-3,7,9-12,15-18H,4H2,(H,19,20)(H,21,22)/t7-,9-,10+,11+,12?/m1/s1. The second kappa shape index (κ2) is 6.60. The third kappa shape index (κ3) is 3.05. The van der Waals surface area contributed by atoms with E-state index in [1.54, 1.807) is 0 Å². The average Bonchev–Trinajstić information content (AvgIpc) is 2.52. The molecule has 1 unspecified atom stereocenters. The molecular formula is C14H16O9. The fourth-order valence-corrected chi connectivity index (χ4v) is 2.58. The molecule has 0 spiro atoms. The van der Waals surface area contributed by atoms with E-state index in [2.05, 4.69) is 0 Å². The van der Waals surface area contributed by atoms with E-state index < -0.39 is 60.2 Å². The van der Waals surface area contributed by atoms with Gasteiger partial charge in [-0.25, -0.2) is 9.59 Å². The van der Waals surface area contributed by atoms with Crippen molar-refractivity contribution in [3.8, 4) is 0 Å². The number of rotatable bonds is 4. The smallest absolute Gasteiger partial charge is 0.336 e. The summed E-state index contributed by atoms with van der Waals surface area (Å²) in [5.74, 6) is -3.02. The molecule has 23 heavy (non-hydrogen) atoms. The molecule has 0 aliphatic carbocycles. The monoisotopic (exact) mass is 328 g/mol. The van der Waals surface area contributed by atoms with Crippen molar-refractivity contribution in [1.82, 2.24) is 0 Å². The molecule has 0 saturated carbocycles. The highest BCUT2D eigenvalue weighted by molar-refractivity contribution is 6.02. The van der Waals surface area contributed by atoms with Gasteiger partial charge in [0.25, 0.3) is 0 Å². The molecule has 1 heterocycles. The molecule has 1 aliphatic rings. The van der Waals surface area contributed by atoms with Crippen molar-refractivity contribution in [1.29, 1.82) is 0 Å². The molecule has 126 valence electrons. The Morgan fingerprint density at radius 2 is 1.65 bits per heavy atom. The van der Waals surface area contributed by atoms with Gasteiger partial charge in [0, 0.05) is 0 Å². The van der Waals surface area contributed by atoms with Crippen molar-refractivity contribution in [2.24, 2.45) is 0 Å². The minimum Gasteiger partial charge on any atom is -0.478 e. The van der Waals surface area contributed by atoms with Crippen LogP contribution in [0.15, 0.2) is 18.2 Å². The molecule has 2 rings (SSSR count). The summed E-state index contributed by atoms with van der Waals surface area (Å²) in [6, 6.07) is 3.59. The average molecular weight is 328 g/mol. The number of carbonyl (C=O) groups is 2. The minimum atomic E-state index is -1.70. The number of carboxylic acid groups (broad SMARTS) is 2. The lowest BCUT2D eigenvalue weighted by atomic mass is 9.87. The number of hydrogen-bond donors (Lipinski definition) is 6. The van der Waals surface area contributed by atoms with Gasteiger partial charge in [-0.2, -0.15) is 0 Å². The highest BCUT2D eigenvalue weighted by Crippen LogP contribution is 2.35. The predicted molar refractivity (Wildman–Crippen MR) is 73.1 cm³/mol. The quantitative estimate of drug-likeness (QED) is 0.390. The Morgan fingerprint density at radius 1 is 1.00 bits per heavy atom. The Balaban J connectivity index is 2.54. The maximum atomic E-state index is 11.4. The number of ether oxygens (including phenoxy) is 1. The van der Waals surface area contributed by atoms with Gasteiger partial charge in [-0.05, 0) is 11.6 Å². The van der Waals surface area contributed by atoms with Gasteiger partial charge < -0.3 is 35.4 Å². The Hall–Kier alpha value is -2.04. The lowest BCUT2D eigenvalue weighted by Crippen LogP contribution is -2.55. The normalized spacial score (nSPS) is 30.9. The number of hydrogen-bond acceptors (Lipinski definition) is 7. The largest absolute Gasteiger partial charge is 0.478 e. The lowest BCUT2D eigenvalue weighted by Gasteiger charge is -2.40. The van der Waals surface area contributed by atoms with Crippen molar-refractivity contribution in [2.75, 3.05) is 6.61 Å². The van der Waals surface area contributed by atoms with Crippen LogP contribution in [0.3, 0.4) is 0 Å². The van der Waals surface area contributed by atoms with Crippen LogP contribution in [0.4, 0.5) is 0 Å². The summed E-state index contributed by atoms with van der Waals surface area (Å²) >= 11 is 0. The molecule has 1 saturated heterocycles.